The molecule has 2 saturated heterocycles. The smallest absolute Gasteiger partial charge is 0.344 e. The van der Waals surface area contributed by atoms with E-state index in [1.54, 1.807) is 4.90 Å². The molecule has 2 aliphatic heterocycles. The van der Waals surface area contributed by atoms with E-state index in [9.17, 15) is 4.79 Å². The van der Waals surface area contributed by atoms with Crippen LogP contribution in [0.25, 0.3) is 0 Å². The van der Waals surface area contributed by atoms with Gasteiger partial charge >= 0.3 is 6.03 Å². The Hall–Kier alpha value is -1.72. The van der Waals surface area contributed by atoms with Crippen LogP contribution in [0.5, 0.6) is 0 Å². The highest BCUT2D eigenvalue weighted by Gasteiger charge is 2.46. The Kier molecular flexibility index (Phi) is 4.03. The van der Waals surface area contributed by atoms with Crippen LogP contribution in [-0.4, -0.2) is 39.7 Å². The quantitative estimate of drug-likeness (QED) is 0.870. The maximum absolute atomic E-state index is 12.4. The molecule has 0 radical (unpaired) electrons. The van der Waals surface area contributed by atoms with Crippen molar-refractivity contribution >= 4 is 17.6 Å². The van der Waals surface area contributed by atoms with Crippen molar-refractivity contribution in [3.63, 3.8) is 0 Å². The summed E-state index contributed by atoms with van der Waals surface area (Å²) in [6, 6.07) is 9.37. The topological polar surface area (TPSA) is 53.0 Å². The molecule has 0 aromatic heterocycles. The summed E-state index contributed by atoms with van der Waals surface area (Å²) < 4.78 is 0. The first-order valence-electron chi connectivity index (χ1n) is 6.97. The number of hydrogen-bond acceptors (Lipinski definition) is 3. The second kappa shape index (κ2) is 5.95. The molecule has 1 aromatic carbocycles. The van der Waals surface area contributed by atoms with E-state index in [4.69, 9.17) is 21.5 Å². The lowest BCUT2D eigenvalue weighted by atomic mass is 10.0. The Morgan fingerprint density at radius 3 is 2.86 bits per heavy atom. The standard InChI is InChI=1S/C15H17ClN2O3/c16-13(9-19)14-7-6-12-8-17(14)15(20)18(12)21-10-11-4-2-1-3-5-11/h1-5,9,12,14,19H,6-8,10H2/b13-9-/t12-,14?/m0/s1. The lowest BCUT2D eigenvalue weighted by molar-refractivity contribution is -0.140. The van der Waals surface area contributed by atoms with Crippen LogP contribution in [0.2, 0.25) is 0 Å². The average molecular weight is 309 g/mol. The molecule has 2 amide bonds. The van der Waals surface area contributed by atoms with Crippen LogP contribution in [0.4, 0.5) is 4.79 Å². The molecule has 5 nitrogen and oxygen atoms in total. The van der Waals surface area contributed by atoms with Crippen LogP contribution >= 0.6 is 11.6 Å². The first kappa shape index (κ1) is 14.2. The Labute approximate surface area is 128 Å². The molecule has 2 bridgehead atoms. The molecule has 21 heavy (non-hydrogen) atoms. The first-order chi connectivity index (χ1) is 10.2. The molecule has 1 N–H and O–H groups in total. The number of carbonyl (C=O) groups is 1. The number of piperidine rings is 1. The third kappa shape index (κ3) is 2.71. The molecule has 1 aromatic rings. The van der Waals surface area contributed by atoms with E-state index >= 15 is 0 Å². The minimum absolute atomic E-state index is 0.0561. The van der Waals surface area contributed by atoms with E-state index < -0.39 is 0 Å². The summed E-state index contributed by atoms with van der Waals surface area (Å²) in [7, 11) is 0. The fraction of sp³-hybridized carbons (Fsp3) is 0.400. The van der Waals surface area contributed by atoms with Crippen LogP contribution < -0.4 is 0 Å². The van der Waals surface area contributed by atoms with Crippen molar-refractivity contribution in [1.82, 2.24) is 9.96 Å². The van der Waals surface area contributed by atoms with Crippen LogP contribution in [0.15, 0.2) is 41.6 Å². The highest BCUT2D eigenvalue weighted by Crippen LogP contribution is 2.34. The summed E-state index contributed by atoms with van der Waals surface area (Å²) in [5, 5.41) is 10.8. The van der Waals surface area contributed by atoms with Crippen molar-refractivity contribution in [2.45, 2.75) is 31.5 Å². The monoisotopic (exact) mass is 308 g/mol. The molecule has 6 heteroatoms. The van der Waals surface area contributed by atoms with Gasteiger partial charge < -0.3 is 10.0 Å². The summed E-state index contributed by atoms with van der Waals surface area (Å²) in [4.78, 5) is 19.8. The Morgan fingerprint density at radius 1 is 1.38 bits per heavy atom. The number of hydrogen-bond donors (Lipinski definition) is 1. The fourth-order valence-electron chi connectivity index (χ4n) is 2.89. The predicted molar refractivity (Wildman–Crippen MR) is 78.5 cm³/mol. The van der Waals surface area contributed by atoms with E-state index in [0.29, 0.717) is 18.2 Å². The van der Waals surface area contributed by atoms with Gasteiger partial charge in [0.25, 0.3) is 0 Å². The Morgan fingerprint density at radius 2 is 2.14 bits per heavy atom. The zero-order chi connectivity index (χ0) is 14.8. The van der Waals surface area contributed by atoms with Crippen molar-refractivity contribution in [2.75, 3.05) is 6.54 Å². The maximum Gasteiger partial charge on any atom is 0.344 e. The number of fused-ring (bicyclic) bond motifs is 2. The summed E-state index contributed by atoms with van der Waals surface area (Å²) in [6.45, 7) is 0.952. The minimum Gasteiger partial charge on any atom is -0.514 e. The van der Waals surface area contributed by atoms with Crippen LogP contribution in [0, 0.1) is 0 Å². The van der Waals surface area contributed by atoms with E-state index in [2.05, 4.69) is 0 Å². The van der Waals surface area contributed by atoms with Crippen molar-refractivity contribution in [3.8, 4) is 0 Å². The van der Waals surface area contributed by atoms with Gasteiger partial charge in [0.05, 0.1) is 23.4 Å². The van der Waals surface area contributed by atoms with E-state index in [1.807, 2.05) is 30.3 Å². The summed E-state index contributed by atoms with van der Waals surface area (Å²) in [5.74, 6) is 0. The van der Waals surface area contributed by atoms with E-state index in [-0.39, 0.29) is 18.1 Å². The molecule has 3 rings (SSSR count). The Bertz CT molecular complexity index is 549. The number of nitrogens with zero attached hydrogens (tertiary/aromatic N) is 2. The van der Waals surface area contributed by atoms with Crippen molar-refractivity contribution in [3.05, 3.63) is 47.2 Å². The van der Waals surface area contributed by atoms with Gasteiger partial charge in [0.15, 0.2) is 0 Å². The van der Waals surface area contributed by atoms with Crippen LogP contribution in [0.3, 0.4) is 0 Å². The lowest BCUT2D eigenvalue weighted by Gasteiger charge is -2.29. The number of amides is 2. The van der Waals surface area contributed by atoms with Gasteiger partial charge in [-0.1, -0.05) is 41.9 Å². The van der Waals surface area contributed by atoms with Crippen LogP contribution in [-0.2, 0) is 11.4 Å². The fourth-order valence-corrected chi connectivity index (χ4v) is 3.12. The van der Waals surface area contributed by atoms with Crippen LogP contribution in [0.1, 0.15) is 18.4 Å². The molecule has 2 aliphatic rings. The third-order valence-corrected chi connectivity index (χ3v) is 4.33. The summed E-state index contributed by atoms with van der Waals surface area (Å²) in [6.07, 6.45) is 2.41. The molecule has 2 fully saturated rings. The highest BCUT2D eigenvalue weighted by molar-refractivity contribution is 6.30. The SMILES string of the molecule is O=C1N2C[C@H](CCC2/C(Cl)=C/O)N1OCc1ccccc1. The van der Waals surface area contributed by atoms with Gasteiger partial charge in [-0.3, -0.25) is 4.84 Å². The van der Waals surface area contributed by atoms with Gasteiger partial charge in [-0.2, -0.15) is 5.06 Å². The molecular formula is C15H17ClN2O3. The zero-order valence-corrected chi connectivity index (χ0v) is 12.2. The number of hydroxylamine groups is 2. The second-order valence-corrected chi connectivity index (χ2v) is 5.72. The lowest BCUT2D eigenvalue weighted by Crippen LogP contribution is -2.40. The second-order valence-electron chi connectivity index (χ2n) is 5.28. The third-order valence-electron chi connectivity index (χ3n) is 3.98. The number of aliphatic hydroxyl groups is 1. The van der Waals surface area contributed by atoms with Gasteiger partial charge in [-0.25, -0.2) is 4.79 Å². The van der Waals surface area contributed by atoms with Gasteiger partial charge in [-0.05, 0) is 18.4 Å². The summed E-state index contributed by atoms with van der Waals surface area (Å²) >= 11 is 5.98. The average Bonchev–Trinajstić information content (AvgIpc) is 2.77. The zero-order valence-electron chi connectivity index (χ0n) is 11.5. The molecule has 0 aliphatic carbocycles. The predicted octanol–water partition coefficient (Wildman–Crippen LogP) is 3.03. The molecule has 2 heterocycles. The van der Waals surface area contributed by atoms with Gasteiger partial charge in [0.2, 0.25) is 0 Å². The minimum atomic E-state index is -0.245. The maximum atomic E-state index is 12.4. The molecule has 1 unspecified atom stereocenters. The molecule has 2 atom stereocenters. The van der Waals surface area contributed by atoms with E-state index in [0.717, 1.165) is 24.7 Å². The van der Waals surface area contributed by atoms with Gasteiger partial charge in [-0.15, -0.1) is 0 Å². The number of carbonyl (C=O) groups excluding carboxylic acids is 1. The number of halogens is 1. The number of urea groups is 1. The van der Waals surface area contributed by atoms with E-state index in [1.165, 1.54) is 5.06 Å². The number of rotatable bonds is 4. The molecule has 112 valence electrons. The first-order valence-corrected chi connectivity index (χ1v) is 7.35. The number of benzene rings is 1. The van der Waals surface area contributed by atoms with Gasteiger partial charge in [0.1, 0.15) is 6.61 Å². The summed E-state index contributed by atoms with van der Waals surface area (Å²) in [5.41, 5.74) is 1.02. The molecule has 0 spiro atoms. The number of aliphatic hydroxyl groups excluding tert-OH is 1. The molecular weight excluding hydrogens is 292 g/mol. The normalized spacial score (nSPS) is 25.6. The van der Waals surface area contributed by atoms with Crippen molar-refractivity contribution < 1.29 is 14.7 Å². The van der Waals surface area contributed by atoms with Crippen molar-refractivity contribution in [1.29, 1.82) is 0 Å². The molecule has 0 saturated carbocycles. The Balaban J connectivity index is 1.67. The highest BCUT2D eigenvalue weighted by atomic mass is 35.5. The van der Waals surface area contributed by atoms with Crippen molar-refractivity contribution in [2.24, 2.45) is 0 Å². The van der Waals surface area contributed by atoms with Gasteiger partial charge in [0, 0.05) is 6.54 Å². The largest absolute Gasteiger partial charge is 0.514 e.